The van der Waals surface area contributed by atoms with E-state index >= 15 is 0 Å². The third-order valence-electron chi connectivity index (χ3n) is 4.51. The first kappa shape index (κ1) is 17.2. The maximum atomic E-state index is 12.4. The molecular formula is C15H23N5O3S. The lowest BCUT2D eigenvalue weighted by atomic mass is 10.3. The molecule has 1 aromatic heterocycles. The van der Waals surface area contributed by atoms with Crippen molar-refractivity contribution < 1.29 is 13.2 Å². The van der Waals surface area contributed by atoms with Crippen molar-refractivity contribution in [3.63, 3.8) is 0 Å². The van der Waals surface area contributed by atoms with E-state index in [1.807, 2.05) is 9.80 Å². The number of carbonyl (C=O) groups is 1. The second kappa shape index (κ2) is 7.54. The molecule has 2 saturated heterocycles. The number of carbonyl (C=O) groups excluding carboxylic acids is 1. The number of sulfone groups is 1. The minimum Gasteiger partial charge on any atom is -0.339 e. The van der Waals surface area contributed by atoms with Gasteiger partial charge < -0.3 is 4.90 Å². The van der Waals surface area contributed by atoms with Gasteiger partial charge in [0.2, 0.25) is 5.91 Å². The van der Waals surface area contributed by atoms with Crippen LogP contribution in [0.2, 0.25) is 0 Å². The molecule has 0 atom stereocenters. The Morgan fingerprint density at radius 1 is 0.958 bits per heavy atom. The van der Waals surface area contributed by atoms with Crippen LogP contribution >= 0.6 is 0 Å². The van der Waals surface area contributed by atoms with E-state index in [2.05, 4.69) is 14.9 Å². The van der Waals surface area contributed by atoms with Crippen molar-refractivity contribution in [1.82, 2.24) is 24.7 Å². The highest BCUT2D eigenvalue weighted by atomic mass is 32.2. The number of hydrogen-bond acceptors (Lipinski definition) is 7. The predicted octanol–water partition coefficient (Wildman–Crippen LogP) is -1.15. The van der Waals surface area contributed by atoms with Crippen molar-refractivity contribution in [2.24, 2.45) is 0 Å². The van der Waals surface area contributed by atoms with Gasteiger partial charge >= 0.3 is 0 Å². The van der Waals surface area contributed by atoms with Crippen LogP contribution in [0.5, 0.6) is 0 Å². The molecule has 0 aromatic carbocycles. The molecule has 132 valence electrons. The zero-order chi connectivity index (χ0) is 17.0. The topological polar surface area (TPSA) is 86.7 Å². The molecule has 1 amide bonds. The number of hydrogen-bond donors (Lipinski definition) is 0. The fourth-order valence-electron chi connectivity index (χ4n) is 2.97. The molecule has 0 N–H and O–H groups in total. The van der Waals surface area contributed by atoms with Gasteiger partial charge in [0.1, 0.15) is 5.82 Å². The summed E-state index contributed by atoms with van der Waals surface area (Å²) in [5, 5.41) is 0. The van der Waals surface area contributed by atoms with E-state index in [1.54, 1.807) is 18.5 Å². The third-order valence-corrected chi connectivity index (χ3v) is 6.11. The largest absolute Gasteiger partial charge is 0.339 e. The van der Waals surface area contributed by atoms with Crippen molar-refractivity contribution in [3.8, 4) is 0 Å². The summed E-state index contributed by atoms with van der Waals surface area (Å²) in [4.78, 5) is 26.9. The second-order valence-electron chi connectivity index (χ2n) is 6.25. The molecule has 0 spiro atoms. The van der Waals surface area contributed by atoms with Gasteiger partial charge in [-0.15, -0.1) is 0 Å². The standard InChI is InChI=1S/C15H23N5O3S/c21-15(13-19-8-10-24(22,23)11-9-19)20-6-4-18(5-7-20)12-14-16-2-1-3-17-14/h1-3H,4-13H2. The fourth-order valence-corrected chi connectivity index (χ4v) is 4.24. The van der Waals surface area contributed by atoms with Gasteiger partial charge in [-0.05, 0) is 6.07 Å². The van der Waals surface area contributed by atoms with E-state index in [9.17, 15) is 13.2 Å². The molecule has 0 saturated carbocycles. The SMILES string of the molecule is O=C(CN1CCS(=O)(=O)CC1)N1CCN(Cc2ncccn2)CC1. The van der Waals surface area contributed by atoms with Gasteiger partial charge in [0.05, 0.1) is 24.6 Å². The van der Waals surface area contributed by atoms with Crippen LogP contribution < -0.4 is 0 Å². The van der Waals surface area contributed by atoms with E-state index in [-0.39, 0.29) is 17.4 Å². The molecule has 2 aliphatic rings. The van der Waals surface area contributed by atoms with Gasteiger partial charge in [-0.2, -0.15) is 0 Å². The normalized spacial score (nSPS) is 22.4. The van der Waals surface area contributed by atoms with E-state index < -0.39 is 9.84 Å². The van der Waals surface area contributed by atoms with Crippen LogP contribution in [0.3, 0.4) is 0 Å². The average Bonchev–Trinajstić information content (AvgIpc) is 2.58. The lowest BCUT2D eigenvalue weighted by Gasteiger charge is -2.36. The Morgan fingerprint density at radius 2 is 1.58 bits per heavy atom. The highest BCUT2D eigenvalue weighted by Gasteiger charge is 2.26. The Kier molecular flexibility index (Phi) is 5.42. The monoisotopic (exact) mass is 353 g/mol. The number of amides is 1. The fraction of sp³-hybridized carbons (Fsp3) is 0.667. The molecule has 0 bridgehead atoms. The Labute approximate surface area is 142 Å². The van der Waals surface area contributed by atoms with Gasteiger partial charge in [0.15, 0.2) is 9.84 Å². The van der Waals surface area contributed by atoms with Gasteiger partial charge in [-0.25, -0.2) is 18.4 Å². The maximum absolute atomic E-state index is 12.4. The van der Waals surface area contributed by atoms with Gasteiger partial charge in [-0.3, -0.25) is 14.6 Å². The first-order valence-electron chi connectivity index (χ1n) is 8.21. The molecule has 1 aromatic rings. The third kappa shape index (κ3) is 4.71. The van der Waals surface area contributed by atoms with Crippen LogP contribution in [-0.2, 0) is 21.2 Å². The lowest BCUT2D eigenvalue weighted by molar-refractivity contribution is -0.134. The molecule has 3 heterocycles. The molecule has 8 nitrogen and oxygen atoms in total. The molecule has 0 unspecified atom stereocenters. The lowest BCUT2D eigenvalue weighted by Crippen LogP contribution is -2.52. The highest BCUT2D eigenvalue weighted by molar-refractivity contribution is 7.91. The molecule has 0 radical (unpaired) electrons. The minimum atomic E-state index is -2.90. The first-order chi connectivity index (χ1) is 11.5. The summed E-state index contributed by atoms with van der Waals surface area (Å²) in [6.45, 7) is 4.93. The van der Waals surface area contributed by atoms with Crippen LogP contribution in [0.25, 0.3) is 0 Å². The van der Waals surface area contributed by atoms with Crippen molar-refractivity contribution in [3.05, 3.63) is 24.3 Å². The summed E-state index contributed by atoms with van der Waals surface area (Å²) in [6, 6.07) is 1.80. The van der Waals surface area contributed by atoms with Gasteiger partial charge in [-0.1, -0.05) is 0 Å². The Hall–Kier alpha value is -1.58. The summed E-state index contributed by atoms with van der Waals surface area (Å²) in [6.07, 6.45) is 3.47. The highest BCUT2D eigenvalue weighted by Crippen LogP contribution is 2.08. The summed E-state index contributed by atoms with van der Waals surface area (Å²) < 4.78 is 22.9. The first-order valence-corrected chi connectivity index (χ1v) is 10.0. The Balaban J connectivity index is 1.42. The number of nitrogens with zero attached hydrogens (tertiary/aromatic N) is 5. The predicted molar refractivity (Wildman–Crippen MR) is 89.0 cm³/mol. The molecule has 9 heteroatoms. The number of piperazine rings is 1. The molecular weight excluding hydrogens is 330 g/mol. The quantitative estimate of drug-likeness (QED) is 0.676. The molecule has 2 aliphatic heterocycles. The van der Waals surface area contributed by atoms with Crippen LogP contribution in [-0.4, -0.2) is 96.3 Å². The van der Waals surface area contributed by atoms with E-state index in [4.69, 9.17) is 0 Å². The van der Waals surface area contributed by atoms with Crippen molar-refractivity contribution in [2.75, 3.05) is 57.3 Å². The van der Waals surface area contributed by atoms with Crippen LogP contribution in [0.4, 0.5) is 0 Å². The summed E-state index contributed by atoms with van der Waals surface area (Å²) >= 11 is 0. The zero-order valence-corrected chi connectivity index (χ0v) is 14.5. The second-order valence-corrected chi connectivity index (χ2v) is 8.55. The Morgan fingerprint density at radius 3 is 2.21 bits per heavy atom. The molecule has 3 rings (SSSR count). The van der Waals surface area contributed by atoms with E-state index in [1.165, 1.54) is 0 Å². The number of rotatable bonds is 4. The molecule has 24 heavy (non-hydrogen) atoms. The van der Waals surface area contributed by atoms with Gasteiger partial charge in [0.25, 0.3) is 0 Å². The van der Waals surface area contributed by atoms with E-state index in [0.29, 0.717) is 39.3 Å². The molecule has 0 aliphatic carbocycles. The maximum Gasteiger partial charge on any atom is 0.236 e. The van der Waals surface area contributed by atoms with Crippen molar-refractivity contribution in [2.45, 2.75) is 6.54 Å². The van der Waals surface area contributed by atoms with Crippen LogP contribution in [0, 0.1) is 0 Å². The van der Waals surface area contributed by atoms with Gasteiger partial charge in [0, 0.05) is 51.7 Å². The number of aromatic nitrogens is 2. The minimum absolute atomic E-state index is 0.0879. The smallest absolute Gasteiger partial charge is 0.236 e. The Bertz CT molecular complexity index is 645. The van der Waals surface area contributed by atoms with Crippen LogP contribution in [0.1, 0.15) is 5.82 Å². The van der Waals surface area contributed by atoms with E-state index in [0.717, 1.165) is 18.9 Å². The van der Waals surface area contributed by atoms with Crippen molar-refractivity contribution in [1.29, 1.82) is 0 Å². The molecule has 2 fully saturated rings. The van der Waals surface area contributed by atoms with Crippen LogP contribution in [0.15, 0.2) is 18.5 Å². The van der Waals surface area contributed by atoms with Crippen molar-refractivity contribution >= 4 is 15.7 Å². The summed E-state index contributed by atoms with van der Waals surface area (Å²) in [5.41, 5.74) is 0. The summed E-state index contributed by atoms with van der Waals surface area (Å²) in [7, 11) is -2.90. The summed E-state index contributed by atoms with van der Waals surface area (Å²) in [5.74, 6) is 1.20. The average molecular weight is 353 g/mol. The zero-order valence-electron chi connectivity index (χ0n) is 13.7.